The molecule has 1 fully saturated rings. The fourth-order valence-corrected chi connectivity index (χ4v) is 0.802. The average Bonchev–Trinajstić information content (AvgIpc) is 1.88. The highest BCUT2D eigenvalue weighted by molar-refractivity contribution is 5.66. The van der Waals surface area contributed by atoms with Gasteiger partial charge < -0.3 is 14.8 Å². The van der Waals surface area contributed by atoms with Crippen molar-refractivity contribution in [2.45, 2.75) is 13.2 Å². The lowest BCUT2D eigenvalue weighted by molar-refractivity contribution is -0.180. The zero-order valence-corrected chi connectivity index (χ0v) is 5.92. The second-order valence-corrected chi connectivity index (χ2v) is 2.11. The van der Waals surface area contributed by atoms with Gasteiger partial charge in [-0.25, -0.2) is 0 Å². The lowest BCUT2D eigenvalue weighted by Crippen LogP contribution is -2.40. The van der Waals surface area contributed by atoms with E-state index in [1.54, 1.807) is 0 Å². The molecule has 1 rings (SSSR count). The smallest absolute Gasteiger partial charge is 0.304 e. The third kappa shape index (κ3) is 2.33. The highest BCUT2D eigenvalue weighted by Gasteiger charge is 2.14. The number of morpholine rings is 1. The van der Waals surface area contributed by atoms with Crippen molar-refractivity contribution in [3.63, 3.8) is 0 Å². The predicted octanol–water partition coefficient (Wildman–Crippen LogP) is -0.505. The molecule has 1 saturated heterocycles. The average molecular weight is 145 g/mol. The van der Waals surface area contributed by atoms with Gasteiger partial charge in [-0.15, -0.1) is 0 Å². The zero-order valence-electron chi connectivity index (χ0n) is 5.92. The van der Waals surface area contributed by atoms with Crippen LogP contribution in [-0.4, -0.2) is 32.0 Å². The Hall–Kier alpha value is -0.610. The van der Waals surface area contributed by atoms with E-state index in [4.69, 9.17) is 9.47 Å². The molecule has 0 radical (unpaired) electrons. The Morgan fingerprint density at radius 1 is 1.80 bits per heavy atom. The van der Waals surface area contributed by atoms with Crippen LogP contribution in [0, 0.1) is 0 Å². The fourth-order valence-electron chi connectivity index (χ4n) is 0.802. The molecular formula is C6H11NO3. The number of rotatable bonds is 1. The van der Waals surface area contributed by atoms with E-state index in [-0.39, 0.29) is 12.3 Å². The van der Waals surface area contributed by atoms with Gasteiger partial charge >= 0.3 is 5.97 Å². The molecule has 1 aliphatic rings. The number of carbonyl (C=O) groups is 1. The summed E-state index contributed by atoms with van der Waals surface area (Å²) in [6.45, 7) is 3.41. The van der Waals surface area contributed by atoms with Crippen molar-refractivity contribution >= 4 is 5.97 Å². The third-order valence-corrected chi connectivity index (χ3v) is 1.19. The summed E-state index contributed by atoms with van der Waals surface area (Å²) in [6, 6.07) is 0. The van der Waals surface area contributed by atoms with Gasteiger partial charge in [0.1, 0.15) is 0 Å². The lowest BCUT2D eigenvalue weighted by atomic mass is 10.5. The van der Waals surface area contributed by atoms with E-state index in [2.05, 4.69) is 5.32 Å². The zero-order chi connectivity index (χ0) is 7.40. The van der Waals surface area contributed by atoms with Gasteiger partial charge in [-0.1, -0.05) is 0 Å². The lowest BCUT2D eigenvalue weighted by Gasteiger charge is -2.22. The normalized spacial score (nSPS) is 25.9. The van der Waals surface area contributed by atoms with Gasteiger partial charge in [-0.05, 0) is 0 Å². The van der Waals surface area contributed by atoms with E-state index < -0.39 is 0 Å². The molecule has 0 unspecified atom stereocenters. The minimum Gasteiger partial charge on any atom is -0.435 e. The number of hydrogen-bond donors (Lipinski definition) is 1. The van der Waals surface area contributed by atoms with Gasteiger partial charge in [0.05, 0.1) is 13.2 Å². The van der Waals surface area contributed by atoms with Gasteiger partial charge in [0.2, 0.25) is 6.29 Å². The van der Waals surface area contributed by atoms with Crippen LogP contribution in [0.25, 0.3) is 0 Å². The summed E-state index contributed by atoms with van der Waals surface area (Å²) in [4.78, 5) is 10.4. The molecule has 4 heteroatoms. The molecule has 0 saturated carbocycles. The van der Waals surface area contributed by atoms with E-state index in [0.717, 1.165) is 6.54 Å². The first kappa shape index (κ1) is 7.50. The van der Waals surface area contributed by atoms with Crippen molar-refractivity contribution in [2.75, 3.05) is 19.7 Å². The molecule has 0 aliphatic carbocycles. The monoisotopic (exact) mass is 145 g/mol. The molecular weight excluding hydrogens is 134 g/mol. The SMILES string of the molecule is CC(=O)O[C@@H]1CNCCO1. The van der Waals surface area contributed by atoms with Crippen molar-refractivity contribution in [3.8, 4) is 0 Å². The molecule has 1 N–H and O–H groups in total. The highest BCUT2D eigenvalue weighted by atomic mass is 16.7. The van der Waals surface area contributed by atoms with Crippen molar-refractivity contribution in [3.05, 3.63) is 0 Å². The van der Waals surface area contributed by atoms with Crippen LogP contribution in [0.4, 0.5) is 0 Å². The van der Waals surface area contributed by atoms with Crippen LogP contribution >= 0.6 is 0 Å². The summed E-state index contributed by atoms with van der Waals surface area (Å²) >= 11 is 0. The Labute approximate surface area is 59.5 Å². The summed E-state index contributed by atoms with van der Waals surface area (Å²) in [6.07, 6.45) is -0.383. The Kier molecular flexibility index (Phi) is 2.65. The molecule has 1 aliphatic heterocycles. The number of ether oxygens (including phenoxy) is 2. The van der Waals surface area contributed by atoms with E-state index in [0.29, 0.717) is 13.2 Å². The maximum atomic E-state index is 10.4. The molecule has 58 valence electrons. The van der Waals surface area contributed by atoms with Crippen molar-refractivity contribution in [1.82, 2.24) is 5.32 Å². The van der Waals surface area contributed by atoms with Gasteiger partial charge in [-0.3, -0.25) is 4.79 Å². The van der Waals surface area contributed by atoms with Crippen molar-refractivity contribution in [2.24, 2.45) is 0 Å². The molecule has 0 bridgehead atoms. The second-order valence-electron chi connectivity index (χ2n) is 2.11. The number of carbonyl (C=O) groups excluding carboxylic acids is 1. The fraction of sp³-hybridized carbons (Fsp3) is 0.833. The van der Waals surface area contributed by atoms with Crippen LogP contribution in [0.5, 0.6) is 0 Å². The summed E-state index contributed by atoms with van der Waals surface area (Å²) in [5.41, 5.74) is 0. The van der Waals surface area contributed by atoms with Crippen LogP contribution in [0.3, 0.4) is 0 Å². The molecule has 1 atom stereocenters. The van der Waals surface area contributed by atoms with Crippen LogP contribution < -0.4 is 5.32 Å². The first-order valence-corrected chi connectivity index (χ1v) is 3.28. The van der Waals surface area contributed by atoms with Gasteiger partial charge in [0.25, 0.3) is 0 Å². The molecule has 10 heavy (non-hydrogen) atoms. The maximum Gasteiger partial charge on any atom is 0.304 e. The predicted molar refractivity (Wildman–Crippen MR) is 34.4 cm³/mol. The summed E-state index contributed by atoms with van der Waals surface area (Å²) < 4.78 is 9.85. The summed E-state index contributed by atoms with van der Waals surface area (Å²) in [5.74, 6) is -0.297. The minimum atomic E-state index is -0.383. The third-order valence-electron chi connectivity index (χ3n) is 1.19. The van der Waals surface area contributed by atoms with Crippen LogP contribution in [0.15, 0.2) is 0 Å². The standard InChI is InChI=1S/C6H11NO3/c1-5(8)10-6-4-7-2-3-9-6/h6-7H,2-4H2,1H3/t6-/m1/s1. The maximum absolute atomic E-state index is 10.4. The van der Waals surface area contributed by atoms with Gasteiger partial charge in [0.15, 0.2) is 0 Å². The van der Waals surface area contributed by atoms with Crippen LogP contribution in [0.1, 0.15) is 6.92 Å². The molecule has 0 aromatic carbocycles. The molecule has 0 aromatic heterocycles. The number of nitrogens with one attached hydrogen (secondary N) is 1. The number of hydrogen-bond acceptors (Lipinski definition) is 4. The largest absolute Gasteiger partial charge is 0.435 e. The summed E-state index contributed by atoms with van der Waals surface area (Å²) in [5, 5.41) is 3.04. The first-order chi connectivity index (χ1) is 4.79. The molecule has 1 heterocycles. The second kappa shape index (κ2) is 3.53. The number of esters is 1. The Balaban J connectivity index is 2.19. The quantitative estimate of drug-likeness (QED) is 0.505. The molecule has 0 aromatic rings. The highest BCUT2D eigenvalue weighted by Crippen LogP contribution is 1.97. The Morgan fingerprint density at radius 3 is 3.10 bits per heavy atom. The van der Waals surface area contributed by atoms with E-state index in [1.165, 1.54) is 6.92 Å². The first-order valence-electron chi connectivity index (χ1n) is 3.28. The topological polar surface area (TPSA) is 47.6 Å². The van der Waals surface area contributed by atoms with Crippen molar-refractivity contribution < 1.29 is 14.3 Å². The minimum absolute atomic E-state index is 0.297. The van der Waals surface area contributed by atoms with E-state index in [9.17, 15) is 4.79 Å². The van der Waals surface area contributed by atoms with Gasteiger partial charge in [0, 0.05) is 13.5 Å². The van der Waals surface area contributed by atoms with Crippen LogP contribution in [-0.2, 0) is 14.3 Å². The van der Waals surface area contributed by atoms with Gasteiger partial charge in [-0.2, -0.15) is 0 Å². The van der Waals surface area contributed by atoms with Crippen molar-refractivity contribution in [1.29, 1.82) is 0 Å². The summed E-state index contributed by atoms with van der Waals surface area (Å²) in [7, 11) is 0. The Bertz CT molecular complexity index is 120. The van der Waals surface area contributed by atoms with E-state index in [1.807, 2.05) is 0 Å². The molecule has 0 spiro atoms. The van der Waals surface area contributed by atoms with Crippen LogP contribution in [0.2, 0.25) is 0 Å². The Morgan fingerprint density at radius 2 is 2.60 bits per heavy atom. The van der Waals surface area contributed by atoms with E-state index >= 15 is 0 Å². The molecule has 0 amide bonds. The molecule has 4 nitrogen and oxygen atoms in total.